The number of aryl methyl sites for hydroxylation is 3. The van der Waals surface area contributed by atoms with E-state index >= 15 is 0 Å². The number of para-hydroxylation sites is 2. The summed E-state index contributed by atoms with van der Waals surface area (Å²) in [5.41, 5.74) is 4.12. The van der Waals surface area contributed by atoms with Gasteiger partial charge < -0.3 is 14.6 Å². The van der Waals surface area contributed by atoms with Crippen LogP contribution in [0, 0.1) is 13.8 Å². The smallest absolute Gasteiger partial charge is 0.328 e. The SMILES string of the molecule is Cc1cc(OCC2(O)CCN(Cc3ccc(OCCn4c(=O)n(C)c5ccccc54)cc3)CC2)cc(C)c1Cl. The number of fused-ring (bicyclic) bond motifs is 1. The Morgan fingerprint density at radius 3 is 2.23 bits per heavy atom. The average Bonchev–Trinajstić information content (AvgIpc) is 3.18. The zero-order valence-electron chi connectivity index (χ0n) is 22.8. The Balaban J connectivity index is 1.08. The van der Waals surface area contributed by atoms with E-state index in [0.717, 1.165) is 58.3 Å². The molecule has 4 aromatic rings. The number of hydrogen-bond acceptors (Lipinski definition) is 5. The zero-order chi connectivity index (χ0) is 27.6. The number of aromatic nitrogens is 2. The molecule has 0 spiro atoms. The molecule has 8 heteroatoms. The van der Waals surface area contributed by atoms with Crippen molar-refractivity contribution in [1.29, 1.82) is 0 Å². The van der Waals surface area contributed by atoms with Crippen LogP contribution in [0.5, 0.6) is 11.5 Å². The van der Waals surface area contributed by atoms with Gasteiger partial charge in [0.15, 0.2) is 0 Å². The van der Waals surface area contributed by atoms with E-state index in [9.17, 15) is 9.90 Å². The van der Waals surface area contributed by atoms with Crippen molar-refractivity contribution in [2.45, 2.75) is 45.4 Å². The van der Waals surface area contributed by atoms with E-state index in [4.69, 9.17) is 21.1 Å². The lowest BCUT2D eigenvalue weighted by molar-refractivity contribution is -0.0537. The number of likely N-dealkylation sites (tertiary alicyclic amines) is 1. The molecule has 5 rings (SSSR count). The Bertz CT molecular complexity index is 1480. The average molecular weight is 550 g/mol. The minimum Gasteiger partial charge on any atom is -0.492 e. The van der Waals surface area contributed by atoms with E-state index in [-0.39, 0.29) is 12.3 Å². The number of benzene rings is 3. The van der Waals surface area contributed by atoms with Crippen LogP contribution in [0.2, 0.25) is 5.02 Å². The van der Waals surface area contributed by atoms with Crippen LogP contribution in [0.4, 0.5) is 0 Å². The van der Waals surface area contributed by atoms with Gasteiger partial charge in [0.2, 0.25) is 0 Å². The first-order valence-electron chi connectivity index (χ1n) is 13.4. The predicted octanol–water partition coefficient (Wildman–Crippen LogP) is 5.10. The van der Waals surface area contributed by atoms with Gasteiger partial charge in [-0.2, -0.15) is 0 Å². The monoisotopic (exact) mass is 549 g/mol. The van der Waals surface area contributed by atoms with Crippen molar-refractivity contribution in [2.75, 3.05) is 26.3 Å². The first-order valence-corrected chi connectivity index (χ1v) is 13.8. The highest BCUT2D eigenvalue weighted by Crippen LogP contribution is 2.29. The lowest BCUT2D eigenvalue weighted by Crippen LogP contribution is -2.47. The third kappa shape index (κ3) is 6.16. The maximum absolute atomic E-state index is 12.6. The van der Waals surface area contributed by atoms with Gasteiger partial charge in [-0.3, -0.25) is 14.0 Å². The van der Waals surface area contributed by atoms with Crippen LogP contribution < -0.4 is 15.2 Å². The molecule has 206 valence electrons. The highest BCUT2D eigenvalue weighted by Gasteiger charge is 2.33. The molecule has 1 N–H and O–H groups in total. The fraction of sp³-hybridized carbons (Fsp3) is 0.387. The van der Waals surface area contributed by atoms with Crippen molar-refractivity contribution < 1.29 is 14.6 Å². The van der Waals surface area contributed by atoms with E-state index < -0.39 is 5.60 Å². The summed E-state index contributed by atoms with van der Waals surface area (Å²) in [6.45, 7) is 7.52. The second kappa shape index (κ2) is 11.5. The fourth-order valence-electron chi connectivity index (χ4n) is 5.26. The lowest BCUT2D eigenvalue weighted by atomic mass is 9.92. The summed E-state index contributed by atoms with van der Waals surface area (Å²) in [5, 5.41) is 11.8. The highest BCUT2D eigenvalue weighted by molar-refractivity contribution is 6.32. The molecule has 0 radical (unpaired) electrons. The van der Waals surface area contributed by atoms with Crippen molar-refractivity contribution in [2.24, 2.45) is 7.05 Å². The molecule has 0 amide bonds. The van der Waals surface area contributed by atoms with Crippen molar-refractivity contribution in [1.82, 2.24) is 14.0 Å². The van der Waals surface area contributed by atoms with Crippen LogP contribution in [0.3, 0.4) is 0 Å². The minimum atomic E-state index is -0.832. The molecular weight excluding hydrogens is 514 g/mol. The van der Waals surface area contributed by atoms with Crippen LogP contribution >= 0.6 is 11.6 Å². The Kier molecular flexibility index (Phi) is 8.03. The molecule has 1 fully saturated rings. The number of rotatable bonds is 9. The van der Waals surface area contributed by atoms with Crippen molar-refractivity contribution in [3.8, 4) is 11.5 Å². The van der Waals surface area contributed by atoms with Gasteiger partial charge in [0.1, 0.15) is 30.3 Å². The summed E-state index contributed by atoms with van der Waals surface area (Å²) >= 11 is 6.26. The van der Waals surface area contributed by atoms with E-state index in [2.05, 4.69) is 17.0 Å². The summed E-state index contributed by atoms with van der Waals surface area (Å²) in [4.78, 5) is 14.9. The second-order valence-corrected chi connectivity index (χ2v) is 11.0. The maximum Gasteiger partial charge on any atom is 0.328 e. The van der Waals surface area contributed by atoms with Crippen LogP contribution in [-0.2, 0) is 20.1 Å². The highest BCUT2D eigenvalue weighted by atomic mass is 35.5. The van der Waals surface area contributed by atoms with Gasteiger partial charge in [-0.15, -0.1) is 0 Å². The lowest BCUT2D eigenvalue weighted by Gasteiger charge is -2.38. The number of nitrogens with zero attached hydrogens (tertiary/aromatic N) is 3. The number of aliphatic hydroxyl groups is 1. The molecule has 1 aliphatic rings. The van der Waals surface area contributed by atoms with Crippen molar-refractivity contribution in [3.63, 3.8) is 0 Å². The number of piperidine rings is 1. The Labute approximate surface area is 234 Å². The number of ether oxygens (including phenoxy) is 2. The summed E-state index contributed by atoms with van der Waals surface area (Å²) in [7, 11) is 1.79. The van der Waals surface area contributed by atoms with E-state index in [1.54, 1.807) is 16.2 Å². The first kappa shape index (κ1) is 27.3. The number of hydrogen-bond donors (Lipinski definition) is 1. The van der Waals surface area contributed by atoms with Gasteiger partial charge in [-0.25, -0.2) is 4.79 Å². The van der Waals surface area contributed by atoms with Crippen LogP contribution in [0.25, 0.3) is 11.0 Å². The minimum absolute atomic E-state index is 0.0367. The standard InChI is InChI=1S/C31H36ClN3O4/c1-22-18-26(19-23(2)29(22)32)39-21-31(37)12-14-34(15-13-31)20-24-8-10-25(11-9-24)38-17-16-35-28-7-5-4-6-27(28)33(3)30(35)36/h4-11,18-19,37H,12-17,20-21H2,1-3H3. The normalized spacial score (nSPS) is 15.5. The first-order chi connectivity index (χ1) is 18.7. The molecule has 0 atom stereocenters. The van der Waals surface area contributed by atoms with Gasteiger partial charge in [0.25, 0.3) is 0 Å². The summed E-state index contributed by atoms with van der Waals surface area (Å²) in [6.07, 6.45) is 1.32. The molecule has 1 aromatic heterocycles. The number of halogens is 1. The van der Waals surface area contributed by atoms with Gasteiger partial charge >= 0.3 is 5.69 Å². The third-order valence-corrected chi connectivity index (χ3v) is 8.27. The predicted molar refractivity (Wildman–Crippen MR) is 155 cm³/mol. The molecule has 0 bridgehead atoms. The Morgan fingerprint density at radius 2 is 1.56 bits per heavy atom. The molecule has 2 heterocycles. The molecule has 0 saturated carbocycles. The van der Waals surface area contributed by atoms with Crippen LogP contribution in [-0.4, -0.2) is 51.0 Å². The molecular formula is C31H36ClN3O4. The molecule has 1 saturated heterocycles. The summed E-state index contributed by atoms with van der Waals surface area (Å²) in [6, 6.07) is 19.7. The maximum atomic E-state index is 12.6. The Hall–Kier alpha value is -3.26. The zero-order valence-corrected chi connectivity index (χ0v) is 23.6. The Morgan fingerprint density at radius 1 is 0.923 bits per heavy atom. The van der Waals surface area contributed by atoms with E-state index in [1.807, 2.05) is 62.4 Å². The summed E-state index contributed by atoms with van der Waals surface area (Å²) < 4.78 is 15.3. The molecule has 0 aliphatic carbocycles. The quantitative estimate of drug-likeness (QED) is 0.315. The van der Waals surface area contributed by atoms with Crippen molar-refractivity contribution >= 4 is 22.6 Å². The fourth-order valence-corrected chi connectivity index (χ4v) is 5.37. The van der Waals surface area contributed by atoms with Crippen LogP contribution in [0.15, 0.2) is 65.5 Å². The largest absolute Gasteiger partial charge is 0.492 e. The molecule has 7 nitrogen and oxygen atoms in total. The van der Waals surface area contributed by atoms with Gasteiger partial charge in [0.05, 0.1) is 17.6 Å². The summed E-state index contributed by atoms with van der Waals surface area (Å²) in [5.74, 6) is 1.53. The molecule has 0 unspecified atom stereocenters. The van der Waals surface area contributed by atoms with Gasteiger partial charge in [-0.1, -0.05) is 35.9 Å². The third-order valence-electron chi connectivity index (χ3n) is 7.67. The number of imidazole rings is 1. The topological polar surface area (TPSA) is 68.9 Å². The van der Waals surface area contributed by atoms with Crippen LogP contribution in [0.1, 0.15) is 29.5 Å². The van der Waals surface area contributed by atoms with Crippen molar-refractivity contribution in [3.05, 3.63) is 92.9 Å². The second-order valence-electron chi connectivity index (χ2n) is 10.6. The molecule has 3 aromatic carbocycles. The molecule has 39 heavy (non-hydrogen) atoms. The van der Waals surface area contributed by atoms with E-state index in [1.165, 1.54) is 5.56 Å². The van der Waals surface area contributed by atoms with Gasteiger partial charge in [0, 0.05) is 31.7 Å². The van der Waals surface area contributed by atoms with E-state index in [0.29, 0.717) is 26.0 Å². The molecule has 1 aliphatic heterocycles. The van der Waals surface area contributed by atoms with Gasteiger partial charge in [-0.05, 0) is 79.8 Å².